The van der Waals surface area contributed by atoms with Crippen LogP contribution in [0.5, 0.6) is 0 Å². The summed E-state index contributed by atoms with van der Waals surface area (Å²) in [6.07, 6.45) is 0. The number of nitrogens with zero attached hydrogens (tertiary/aromatic N) is 1. The molecule has 3 rings (SSSR count). The summed E-state index contributed by atoms with van der Waals surface area (Å²) in [7, 11) is -3.54. The number of carbonyl (C=O) groups excluding carboxylic acids is 1. The Kier molecular flexibility index (Phi) is 6.56. The van der Waals surface area contributed by atoms with Crippen LogP contribution >= 0.6 is 0 Å². The Morgan fingerprint density at radius 1 is 1.07 bits per heavy atom. The molecule has 8 heteroatoms. The molecule has 1 heterocycles. The number of ether oxygens (including phenoxy) is 1. The number of nitrogens with one attached hydrogen (secondary N) is 2. The van der Waals surface area contributed by atoms with Gasteiger partial charge in [0.05, 0.1) is 18.1 Å². The van der Waals surface area contributed by atoms with Crippen molar-refractivity contribution in [1.29, 1.82) is 0 Å². The maximum Gasteiger partial charge on any atom is 0.246 e. The molecule has 1 saturated heterocycles. The van der Waals surface area contributed by atoms with Crippen LogP contribution in [0.25, 0.3) is 0 Å². The summed E-state index contributed by atoms with van der Waals surface area (Å²) >= 11 is 0. The van der Waals surface area contributed by atoms with Gasteiger partial charge in [0.15, 0.2) is 0 Å². The van der Waals surface area contributed by atoms with E-state index in [9.17, 15) is 13.2 Å². The highest BCUT2D eigenvalue weighted by molar-refractivity contribution is 7.89. The summed E-state index contributed by atoms with van der Waals surface area (Å²) in [6, 6.07) is 11.8. The van der Waals surface area contributed by atoms with Gasteiger partial charge in [0.25, 0.3) is 0 Å². The number of hydrogen-bond acceptors (Lipinski definition) is 5. The average molecular weight is 418 g/mol. The fraction of sp³-hybridized carbons (Fsp3) is 0.381. The van der Waals surface area contributed by atoms with E-state index in [0.29, 0.717) is 32.0 Å². The Morgan fingerprint density at radius 3 is 2.38 bits per heavy atom. The van der Waals surface area contributed by atoms with Crippen molar-refractivity contribution in [3.05, 3.63) is 53.6 Å². The van der Waals surface area contributed by atoms with E-state index in [1.54, 1.807) is 19.1 Å². The van der Waals surface area contributed by atoms with Crippen molar-refractivity contribution in [2.75, 3.05) is 36.9 Å². The fourth-order valence-corrected chi connectivity index (χ4v) is 4.49. The first kappa shape index (κ1) is 21.3. The van der Waals surface area contributed by atoms with Crippen LogP contribution in [0.2, 0.25) is 0 Å². The van der Waals surface area contributed by atoms with E-state index >= 15 is 0 Å². The van der Waals surface area contributed by atoms with Crippen LogP contribution in [-0.2, 0) is 19.6 Å². The topological polar surface area (TPSA) is 87.7 Å². The number of hydrogen-bond donors (Lipinski definition) is 2. The van der Waals surface area contributed by atoms with Gasteiger partial charge in [0.1, 0.15) is 6.04 Å². The van der Waals surface area contributed by atoms with Gasteiger partial charge in [0.2, 0.25) is 15.9 Å². The minimum atomic E-state index is -3.54. The minimum absolute atomic E-state index is 0.199. The molecule has 2 aromatic carbocycles. The maximum absolute atomic E-state index is 12.7. The second-order valence-corrected chi connectivity index (χ2v) is 9.15. The van der Waals surface area contributed by atoms with Crippen molar-refractivity contribution < 1.29 is 17.9 Å². The van der Waals surface area contributed by atoms with Crippen LogP contribution < -0.4 is 10.6 Å². The second-order valence-electron chi connectivity index (χ2n) is 7.21. The van der Waals surface area contributed by atoms with Gasteiger partial charge >= 0.3 is 0 Å². The summed E-state index contributed by atoms with van der Waals surface area (Å²) in [5, 5.41) is 6.05. The van der Waals surface area contributed by atoms with Crippen molar-refractivity contribution in [3.8, 4) is 0 Å². The molecule has 1 atom stereocenters. The Bertz CT molecular complexity index is 968. The molecule has 1 aliphatic heterocycles. The van der Waals surface area contributed by atoms with E-state index < -0.39 is 16.1 Å². The predicted octanol–water partition coefficient (Wildman–Crippen LogP) is 2.76. The Labute approximate surface area is 172 Å². The molecule has 2 N–H and O–H groups in total. The van der Waals surface area contributed by atoms with Crippen LogP contribution in [0.3, 0.4) is 0 Å². The van der Waals surface area contributed by atoms with Crippen LogP contribution in [0.15, 0.2) is 47.4 Å². The molecule has 0 aliphatic carbocycles. The first-order chi connectivity index (χ1) is 13.8. The van der Waals surface area contributed by atoms with Crippen molar-refractivity contribution in [2.45, 2.75) is 31.7 Å². The van der Waals surface area contributed by atoms with Crippen LogP contribution in [0.1, 0.15) is 18.1 Å². The standard InChI is InChI=1S/C21H27N3O4S/c1-15-4-5-16(2)20(14-15)22-17(3)21(25)23-18-6-8-19(9-7-18)29(26,27)24-10-12-28-13-11-24/h4-9,14,17,22H,10-13H2,1-3H3,(H,23,25)/t17-/m0/s1. The van der Waals surface area contributed by atoms with Crippen molar-refractivity contribution in [2.24, 2.45) is 0 Å². The zero-order valence-corrected chi connectivity index (χ0v) is 17.8. The third-order valence-corrected chi connectivity index (χ3v) is 6.80. The molecule has 29 heavy (non-hydrogen) atoms. The van der Waals surface area contributed by atoms with E-state index in [1.165, 1.54) is 16.4 Å². The zero-order valence-electron chi connectivity index (χ0n) is 16.9. The SMILES string of the molecule is Cc1ccc(C)c(N[C@@H](C)C(=O)Nc2ccc(S(=O)(=O)N3CCOCC3)cc2)c1. The molecule has 0 aromatic heterocycles. The van der Waals surface area contributed by atoms with Gasteiger partial charge in [-0.15, -0.1) is 0 Å². The number of sulfonamides is 1. The van der Waals surface area contributed by atoms with Crippen LogP contribution in [0, 0.1) is 13.8 Å². The molecular weight excluding hydrogens is 390 g/mol. The van der Waals surface area contributed by atoms with Crippen molar-refractivity contribution >= 4 is 27.3 Å². The molecule has 1 aliphatic rings. The first-order valence-electron chi connectivity index (χ1n) is 9.60. The minimum Gasteiger partial charge on any atom is -0.379 e. The lowest BCUT2D eigenvalue weighted by molar-refractivity contribution is -0.116. The Morgan fingerprint density at radius 2 is 1.72 bits per heavy atom. The highest BCUT2D eigenvalue weighted by Crippen LogP contribution is 2.20. The molecule has 0 bridgehead atoms. The molecule has 0 saturated carbocycles. The number of amides is 1. The zero-order chi connectivity index (χ0) is 21.0. The number of aryl methyl sites for hydroxylation is 2. The third-order valence-electron chi connectivity index (χ3n) is 4.89. The van der Waals surface area contributed by atoms with Gasteiger partial charge in [-0.1, -0.05) is 12.1 Å². The van der Waals surface area contributed by atoms with Gasteiger partial charge in [-0.25, -0.2) is 8.42 Å². The molecule has 0 spiro atoms. The Balaban J connectivity index is 1.64. The van der Waals surface area contributed by atoms with E-state index in [-0.39, 0.29) is 10.8 Å². The molecule has 0 radical (unpaired) electrons. The highest BCUT2D eigenvalue weighted by Gasteiger charge is 2.26. The molecule has 7 nitrogen and oxygen atoms in total. The molecular formula is C21H27N3O4S. The lowest BCUT2D eigenvalue weighted by Crippen LogP contribution is -2.40. The number of carbonyl (C=O) groups is 1. The maximum atomic E-state index is 12.7. The third kappa shape index (κ3) is 5.14. The lowest BCUT2D eigenvalue weighted by Gasteiger charge is -2.26. The number of morpholine rings is 1. The van der Waals surface area contributed by atoms with Gasteiger partial charge in [-0.2, -0.15) is 4.31 Å². The summed E-state index contributed by atoms with van der Waals surface area (Å²) in [5.41, 5.74) is 3.64. The normalized spacial score (nSPS) is 16.2. The van der Waals surface area contributed by atoms with Crippen LogP contribution in [-0.4, -0.2) is 51.0 Å². The Hall–Kier alpha value is -2.42. The fourth-order valence-electron chi connectivity index (χ4n) is 3.09. The van der Waals surface area contributed by atoms with Crippen molar-refractivity contribution in [1.82, 2.24) is 4.31 Å². The summed E-state index contributed by atoms with van der Waals surface area (Å²) < 4.78 is 32.0. The summed E-state index contributed by atoms with van der Waals surface area (Å²) in [4.78, 5) is 12.7. The molecule has 1 fully saturated rings. The van der Waals surface area contributed by atoms with Crippen LogP contribution in [0.4, 0.5) is 11.4 Å². The van der Waals surface area contributed by atoms with Gasteiger partial charge in [-0.3, -0.25) is 4.79 Å². The number of benzene rings is 2. The van der Waals surface area contributed by atoms with Gasteiger partial charge < -0.3 is 15.4 Å². The van der Waals surface area contributed by atoms with Gasteiger partial charge in [0, 0.05) is 24.5 Å². The van der Waals surface area contributed by atoms with E-state index in [1.807, 2.05) is 32.0 Å². The average Bonchev–Trinajstić information content (AvgIpc) is 2.71. The quantitative estimate of drug-likeness (QED) is 0.755. The summed E-state index contributed by atoms with van der Waals surface area (Å²) in [5.74, 6) is -0.199. The predicted molar refractivity (Wildman–Crippen MR) is 114 cm³/mol. The summed E-state index contributed by atoms with van der Waals surface area (Å²) in [6.45, 7) is 7.28. The van der Waals surface area contributed by atoms with E-state index in [0.717, 1.165) is 16.8 Å². The number of anilines is 2. The largest absolute Gasteiger partial charge is 0.379 e. The number of rotatable bonds is 6. The molecule has 0 unspecified atom stereocenters. The molecule has 156 valence electrons. The van der Waals surface area contributed by atoms with Gasteiger partial charge in [-0.05, 0) is 62.2 Å². The molecule has 2 aromatic rings. The van der Waals surface area contributed by atoms with E-state index in [4.69, 9.17) is 4.74 Å². The first-order valence-corrected chi connectivity index (χ1v) is 11.0. The van der Waals surface area contributed by atoms with E-state index in [2.05, 4.69) is 10.6 Å². The lowest BCUT2D eigenvalue weighted by atomic mass is 10.1. The van der Waals surface area contributed by atoms with Crippen molar-refractivity contribution in [3.63, 3.8) is 0 Å². The monoisotopic (exact) mass is 417 g/mol. The second kappa shape index (κ2) is 8.94. The highest BCUT2D eigenvalue weighted by atomic mass is 32.2. The molecule has 1 amide bonds. The smallest absolute Gasteiger partial charge is 0.246 e.